The van der Waals surface area contributed by atoms with Crippen molar-refractivity contribution in [1.29, 1.82) is 0 Å². The summed E-state index contributed by atoms with van der Waals surface area (Å²) in [7, 11) is 0. The Hall–Kier alpha value is -2.52. The number of amides is 1. The molecule has 0 bridgehead atoms. The predicted octanol–water partition coefficient (Wildman–Crippen LogP) is 3.94. The van der Waals surface area contributed by atoms with Gasteiger partial charge in [-0.25, -0.2) is 8.78 Å². The zero-order valence-corrected chi connectivity index (χ0v) is 14.1. The van der Waals surface area contributed by atoms with E-state index in [1.54, 1.807) is 12.1 Å². The number of anilines is 1. The Balaban J connectivity index is 1.91. The Morgan fingerprint density at radius 1 is 1.36 bits per heavy atom. The number of benzene rings is 1. The van der Waals surface area contributed by atoms with Gasteiger partial charge in [-0.15, -0.1) is 21.5 Å². The van der Waals surface area contributed by atoms with Crippen LogP contribution in [-0.4, -0.2) is 25.8 Å². The summed E-state index contributed by atoms with van der Waals surface area (Å²) in [4.78, 5) is 13.1. The van der Waals surface area contributed by atoms with Crippen molar-refractivity contribution in [1.82, 2.24) is 14.8 Å². The van der Waals surface area contributed by atoms with E-state index in [0.717, 1.165) is 9.44 Å². The molecule has 25 heavy (non-hydrogen) atoms. The van der Waals surface area contributed by atoms with Crippen LogP contribution < -0.4 is 5.32 Å². The predicted molar refractivity (Wildman–Crippen MR) is 89.5 cm³/mol. The average Bonchev–Trinajstić information content (AvgIpc) is 3.21. The molecule has 2 heterocycles. The monoisotopic (exact) mass is 384 g/mol. The highest BCUT2D eigenvalue weighted by molar-refractivity contribution is 7.09. The number of nitrogens with one attached hydrogen (secondary N) is 1. The molecule has 0 aliphatic heterocycles. The first-order chi connectivity index (χ1) is 12.0. The van der Waals surface area contributed by atoms with Crippen molar-refractivity contribution in [3.8, 4) is 5.75 Å². The molecule has 3 aromatic rings. The van der Waals surface area contributed by atoms with Crippen molar-refractivity contribution in [2.45, 2.75) is 13.0 Å². The number of carbonyl (C=O) groups is 1. The number of alkyl halides is 2. The lowest BCUT2D eigenvalue weighted by atomic mass is 10.2. The van der Waals surface area contributed by atoms with Crippen LogP contribution in [0.2, 0.25) is 5.02 Å². The Morgan fingerprint density at radius 2 is 2.16 bits per heavy atom. The molecule has 0 unspecified atom stereocenters. The third kappa shape index (κ3) is 3.77. The van der Waals surface area contributed by atoms with Crippen molar-refractivity contribution in [3.63, 3.8) is 0 Å². The number of nitrogens with zero attached hydrogens (tertiary/aromatic N) is 3. The summed E-state index contributed by atoms with van der Waals surface area (Å²) in [6.07, 6.45) is -2.85. The van der Waals surface area contributed by atoms with Crippen molar-refractivity contribution < 1.29 is 18.7 Å². The summed E-state index contributed by atoms with van der Waals surface area (Å²) in [5.74, 6) is -1.73. The second-order valence-corrected chi connectivity index (χ2v) is 6.43. The largest absolute Gasteiger partial charge is 0.507 e. The molecule has 0 atom stereocenters. The Morgan fingerprint density at radius 3 is 2.84 bits per heavy atom. The second-order valence-electron chi connectivity index (χ2n) is 4.96. The number of aromatic hydroxyl groups is 1. The van der Waals surface area contributed by atoms with Crippen LogP contribution in [0.1, 0.15) is 27.5 Å². The Labute approximate surface area is 149 Å². The molecule has 0 aliphatic rings. The summed E-state index contributed by atoms with van der Waals surface area (Å²) in [6, 6.07) is 7.50. The van der Waals surface area contributed by atoms with E-state index in [1.807, 2.05) is 5.38 Å². The quantitative estimate of drug-likeness (QED) is 0.698. The number of halogens is 3. The average molecular weight is 385 g/mol. The second kappa shape index (κ2) is 7.16. The van der Waals surface area contributed by atoms with Crippen LogP contribution in [0, 0.1) is 0 Å². The minimum Gasteiger partial charge on any atom is -0.507 e. The summed E-state index contributed by atoms with van der Waals surface area (Å²) in [5.41, 5.74) is -0.100. The van der Waals surface area contributed by atoms with Gasteiger partial charge in [-0.05, 0) is 29.6 Å². The number of aromatic nitrogens is 3. The summed E-state index contributed by atoms with van der Waals surface area (Å²) in [5, 5.41) is 21.3. The van der Waals surface area contributed by atoms with Crippen molar-refractivity contribution in [2.24, 2.45) is 0 Å². The summed E-state index contributed by atoms with van der Waals surface area (Å²) >= 11 is 7.19. The van der Waals surface area contributed by atoms with E-state index in [4.69, 9.17) is 11.6 Å². The molecule has 1 aromatic carbocycles. The molecule has 0 saturated carbocycles. The van der Waals surface area contributed by atoms with Gasteiger partial charge in [0.1, 0.15) is 5.75 Å². The van der Waals surface area contributed by atoms with E-state index in [9.17, 15) is 18.7 Å². The highest BCUT2D eigenvalue weighted by Crippen LogP contribution is 2.25. The van der Waals surface area contributed by atoms with E-state index in [2.05, 4.69) is 15.5 Å². The molecule has 0 saturated heterocycles. The van der Waals surface area contributed by atoms with Crippen LogP contribution in [0.15, 0.2) is 35.7 Å². The number of phenolic OH excluding ortho intramolecular Hbond substituents is 1. The Kier molecular flexibility index (Phi) is 4.95. The van der Waals surface area contributed by atoms with Crippen LogP contribution in [0.5, 0.6) is 5.75 Å². The standard InChI is InChI=1S/C15H11ClF2N4O2S/c16-8-3-4-11(23)10(6-8)14(24)19-15-21-20-13(12(17)18)22(15)7-9-2-1-5-25-9/h1-6,12,23H,7H2,(H,19,21,24). The third-order valence-corrected chi connectivity index (χ3v) is 4.39. The first-order valence-corrected chi connectivity index (χ1v) is 8.25. The molecular weight excluding hydrogens is 374 g/mol. The molecule has 0 radical (unpaired) electrons. The minimum atomic E-state index is -2.85. The van der Waals surface area contributed by atoms with E-state index in [0.29, 0.717) is 0 Å². The first-order valence-electron chi connectivity index (χ1n) is 6.99. The molecule has 2 N–H and O–H groups in total. The van der Waals surface area contributed by atoms with Gasteiger partial charge < -0.3 is 5.11 Å². The Bertz CT molecular complexity index is 899. The van der Waals surface area contributed by atoms with E-state index < -0.39 is 18.2 Å². The number of rotatable bonds is 5. The van der Waals surface area contributed by atoms with Gasteiger partial charge in [0.25, 0.3) is 12.3 Å². The van der Waals surface area contributed by atoms with E-state index in [1.165, 1.54) is 29.5 Å². The number of thiophene rings is 1. The maximum absolute atomic E-state index is 13.2. The highest BCUT2D eigenvalue weighted by atomic mass is 35.5. The molecule has 1 amide bonds. The van der Waals surface area contributed by atoms with Gasteiger partial charge in [0.2, 0.25) is 11.8 Å². The van der Waals surface area contributed by atoms with Crippen LogP contribution in [-0.2, 0) is 6.54 Å². The zero-order valence-electron chi connectivity index (χ0n) is 12.5. The number of phenols is 1. The van der Waals surface area contributed by atoms with Crippen LogP contribution in [0.25, 0.3) is 0 Å². The van der Waals surface area contributed by atoms with Gasteiger partial charge in [-0.2, -0.15) is 0 Å². The molecule has 0 fully saturated rings. The fraction of sp³-hybridized carbons (Fsp3) is 0.133. The van der Waals surface area contributed by atoms with Crippen molar-refractivity contribution in [2.75, 3.05) is 5.32 Å². The van der Waals surface area contributed by atoms with Gasteiger partial charge in [-0.1, -0.05) is 17.7 Å². The lowest BCUT2D eigenvalue weighted by Crippen LogP contribution is -2.17. The summed E-state index contributed by atoms with van der Waals surface area (Å²) < 4.78 is 27.4. The van der Waals surface area contributed by atoms with E-state index in [-0.39, 0.29) is 28.8 Å². The van der Waals surface area contributed by atoms with Gasteiger partial charge in [0.05, 0.1) is 12.1 Å². The van der Waals surface area contributed by atoms with Gasteiger partial charge in [-0.3, -0.25) is 14.7 Å². The molecular formula is C15H11ClF2N4O2S. The molecule has 6 nitrogen and oxygen atoms in total. The normalized spacial score (nSPS) is 11.0. The van der Waals surface area contributed by atoms with Crippen molar-refractivity contribution in [3.05, 3.63) is 57.0 Å². The molecule has 0 spiro atoms. The number of hydrogen-bond acceptors (Lipinski definition) is 5. The molecule has 10 heteroatoms. The zero-order chi connectivity index (χ0) is 18.0. The smallest absolute Gasteiger partial charge is 0.297 e. The van der Waals surface area contributed by atoms with E-state index >= 15 is 0 Å². The van der Waals surface area contributed by atoms with Gasteiger partial charge in [0.15, 0.2) is 0 Å². The van der Waals surface area contributed by atoms with Crippen LogP contribution >= 0.6 is 22.9 Å². The third-order valence-electron chi connectivity index (χ3n) is 3.30. The molecule has 0 aliphatic carbocycles. The summed E-state index contributed by atoms with van der Waals surface area (Å²) in [6.45, 7) is 0.0848. The topological polar surface area (TPSA) is 80.0 Å². The maximum Gasteiger partial charge on any atom is 0.297 e. The first kappa shape index (κ1) is 17.3. The molecule has 130 valence electrons. The van der Waals surface area contributed by atoms with Gasteiger partial charge in [0, 0.05) is 9.90 Å². The molecule has 3 rings (SSSR count). The maximum atomic E-state index is 13.2. The SMILES string of the molecule is O=C(Nc1nnc(C(F)F)n1Cc1cccs1)c1cc(Cl)ccc1O. The van der Waals surface area contributed by atoms with Crippen molar-refractivity contribution >= 4 is 34.8 Å². The fourth-order valence-electron chi connectivity index (χ4n) is 2.14. The van der Waals surface area contributed by atoms with Crippen LogP contribution in [0.3, 0.4) is 0 Å². The molecule has 2 aromatic heterocycles. The van der Waals surface area contributed by atoms with Gasteiger partial charge >= 0.3 is 0 Å². The lowest BCUT2D eigenvalue weighted by molar-refractivity contribution is 0.102. The highest BCUT2D eigenvalue weighted by Gasteiger charge is 2.23. The number of carbonyl (C=O) groups excluding carboxylic acids is 1. The van der Waals surface area contributed by atoms with Crippen LogP contribution in [0.4, 0.5) is 14.7 Å². The minimum absolute atomic E-state index is 0.0848. The number of hydrogen-bond donors (Lipinski definition) is 2. The fourth-order valence-corrected chi connectivity index (χ4v) is 3.01. The lowest BCUT2D eigenvalue weighted by Gasteiger charge is -2.10.